The summed E-state index contributed by atoms with van der Waals surface area (Å²) in [7, 11) is 0. The lowest BCUT2D eigenvalue weighted by Gasteiger charge is -2.23. The highest BCUT2D eigenvalue weighted by Gasteiger charge is 2.17. The first-order valence-corrected chi connectivity index (χ1v) is 7.09. The second-order valence-corrected chi connectivity index (χ2v) is 4.99. The van der Waals surface area contributed by atoms with Gasteiger partial charge in [0.1, 0.15) is 5.82 Å². The lowest BCUT2D eigenvalue weighted by Crippen LogP contribution is -2.39. The van der Waals surface area contributed by atoms with Crippen molar-refractivity contribution >= 4 is 11.7 Å². The third-order valence-corrected chi connectivity index (χ3v) is 3.35. The molecule has 20 heavy (non-hydrogen) atoms. The number of nitrogen functional groups attached to an aromatic ring is 1. The fourth-order valence-electron chi connectivity index (χ4n) is 2.29. The molecule has 1 fully saturated rings. The van der Waals surface area contributed by atoms with Crippen LogP contribution in [0.25, 0.3) is 0 Å². The standard InChI is InChI=1S/C14H22N4O2/c1-2-3-12-8-10(9-13(16-12)18-15)14(19)17-11-4-6-20-7-5-11/h8-9,11H,2-7,15H2,1H3,(H,16,18)(H,17,19). The summed E-state index contributed by atoms with van der Waals surface area (Å²) in [6.07, 6.45) is 3.52. The molecule has 4 N–H and O–H groups in total. The van der Waals surface area contributed by atoms with Crippen LogP contribution < -0.4 is 16.6 Å². The maximum Gasteiger partial charge on any atom is 0.251 e. The Hall–Kier alpha value is -1.66. The SMILES string of the molecule is CCCc1cc(C(=O)NC2CCOCC2)cc(NN)n1. The van der Waals surface area contributed by atoms with Crippen LogP contribution in [0.2, 0.25) is 0 Å². The van der Waals surface area contributed by atoms with E-state index >= 15 is 0 Å². The van der Waals surface area contributed by atoms with Gasteiger partial charge >= 0.3 is 0 Å². The van der Waals surface area contributed by atoms with Crippen LogP contribution in [0.4, 0.5) is 5.82 Å². The first kappa shape index (κ1) is 14.7. The summed E-state index contributed by atoms with van der Waals surface area (Å²) in [5, 5.41) is 3.04. The molecule has 0 atom stereocenters. The minimum atomic E-state index is -0.0758. The van der Waals surface area contributed by atoms with Crippen LogP contribution >= 0.6 is 0 Å². The maximum atomic E-state index is 12.3. The molecule has 1 aromatic heterocycles. The maximum absolute atomic E-state index is 12.3. The number of nitrogens with zero attached hydrogens (tertiary/aromatic N) is 1. The van der Waals surface area contributed by atoms with Gasteiger partial charge in [0.25, 0.3) is 5.91 Å². The molecule has 0 unspecified atom stereocenters. The number of ether oxygens (including phenoxy) is 1. The number of hydrogen-bond donors (Lipinski definition) is 3. The van der Waals surface area contributed by atoms with Crippen LogP contribution in [0.15, 0.2) is 12.1 Å². The molecule has 6 heteroatoms. The number of rotatable bonds is 5. The zero-order valence-electron chi connectivity index (χ0n) is 11.8. The Morgan fingerprint density at radius 1 is 1.45 bits per heavy atom. The van der Waals surface area contributed by atoms with E-state index in [1.54, 1.807) is 6.07 Å². The van der Waals surface area contributed by atoms with Crippen molar-refractivity contribution in [3.05, 3.63) is 23.4 Å². The number of amides is 1. The van der Waals surface area contributed by atoms with Gasteiger partial charge in [-0.3, -0.25) is 4.79 Å². The summed E-state index contributed by atoms with van der Waals surface area (Å²) in [5.74, 6) is 5.85. The molecule has 1 aliphatic heterocycles. The fourth-order valence-corrected chi connectivity index (χ4v) is 2.29. The topological polar surface area (TPSA) is 89.3 Å². The fraction of sp³-hybridized carbons (Fsp3) is 0.571. The molecule has 0 radical (unpaired) electrons. The zero-order valence-corrected chi connectivity index (χ0v) is 11.8. The van der Waals surface area contributed by atoms with Gasteiger partial charge in [-0.1, -0.05) is 13.3 Å². The third-order valence-electron chi connectivity index (χ3n) is 3.35. The summed E-state index contributed by atoms with van der Waals surface area (Å²) in [6, 6.07) is 3.70. The van der Waals surface area contributed by atoms with E-state index in [0.29, 0.717) is 24.6 Å². The van der Waals surface area contributed by atoms with Gasteiger partial charge in [0.2, 0.25) is 0 Å². The largest absolute Gasteiger partial charge is 0.381 e. The molecule has 1 aromatic rings. The monoisotopic (exact) mass is 278 g/mol. The average molecular weight is 278 g/mol. The van der Waals surface area contributed by atoms with Gasteiger partial charge in [-0.25, -0.2) is 10.8 Å². The number of aryl methyl sites for hydroxylation is 1. The quantitative estimate of drug-likeness (QED) is 0.557. The lowest BCUT2D eigenvalue weighted by atomic mass is 10.1. The first-order valence-electron chi connectivity index (χ1n) is 7.09. The molecule has 0 bridgehead atoms. The Morgan fingerprint density at radius 3 is 2.85 bits per heavy atom. The third kappa shape index (κ3) is 3.91. The minimum absolute atomic E-state index is 0.0758. The van der Waals surface area contributed by atoms with Crippen LogP contribution in [-0.2, 0) is 11.2 Å². The van der Waals surface area contributed by atoms with E-state index in [9.17, 15) is 4.79 Å². The second kappa shape index (κ2) is 7.21. The first-order chi connectivity index (χ1) is 9.72. The molecular weight excluding hydrogens is 256 g/mol. The molecule has 2 heterocycles. The molecule has 1 aliphatic rings. The van der Waals surface area contributed by atoms with Crippen LogP contribution in [0.5, 0.6) is 0 Å². The predicted molar refractivity (Wildman–Crippen MR) is 77.3 cm³/mol. The average Bonchev–Trinajstić information content (AvgIpc) is 2.48. The van der Waals surface area contributed by atoms with Crippen LogP contribution in [0.1, 0.15) is 42.2 Å². The van der Waals surface area contributed by atoms with E-state index in [2.05, 4.69) is 22.7 Å². The molecule has 0 saturated carbocycles. The number of nitrogens with one attached hydrogen (secondary N) is 2. The molecule has 1 amide bonds. The van der Waals surface area contributed by atoms with E-state index < -0.39 is 0 Å². The molecule has 0 aliphatic carbocycles. The normalized spacial score (nSPS) is 15.9. The van der Waals surface area contributed by atoms with Gasteiger partial charge in [-0.05, 0) is 31.4 Å². The molecule has 0 aromatic carbocycles. The smallest absolute Gasteiger partial charge is 0.251 e. The number of carbonyl (C=O) groups is 1. The van der Waals surface area contributed by atoms with Crippen LogP contribution in [0.3, 0.4) is 0 Å². The van der Waals surface area contributed by atoms with Gasteiger partial charge in [-0.15, -0.1) is 0 Å². The van der Waals surface area contributed by atoms with E-state index in [-0.39, 0.29) is 11.9 Å². The van der Waals surface area contributed by atoms with Crippen molar-refractivity contribution in [2.24, 2.45) is 5.84 Å². The zero-order chi connectivity index (χ0) is 14.4. The minimum Gasteiger partial charge on any atom is -0.381 e. The summed E-state index contributed by atoms with van der Waals surface area (Å²) >= 11 is 0. The van der Waals surface area contributed by atoms with Crippen LogP contribution in [0, 0.1) is 0 Å². The van der Waals surface area contributed by atoms with Crippen molar-refractivity contribution in [1.29, 1.82) is 0 Å². The van der Waals surface area contributed by atoms with E-state index in [1.165, 1.54) is 0 Å². The van der Waals surface area contributed by atoms with Gasteiger partial charge < -0.3 is 15.5 Å². The summed E-state index contributed by atoms with van der Waals surface area (Å²) < 4.78 is 5.29. The Balaban J connectivity index is 2.09. The van der Waals surface area contributed by atoms with Gasteiger partial charge in [0.15, 0.2) is 0 Å². The van der Waals surface area contributed by atoms with Gasteiger partial charge in [-0.2, -0.15) is 0 Å². The molecule has 110 valence electrons. The highest BCUT2D eigenvalue weighted by atomic mass is 16.5. The number of nitrogens with two attached hydrogens (primary N) is 1. The Kier molecular flexibility index (Phi) is 5.31. The number of hydrazine groups is 1. The van der Waals surface area contributed by atoms with Crippen molar-refractivity contribution in [3.63, 3.8) is 0 Å². The highest BCUT2D eigenvalue weighted by molar-refractivity contribution is 5.95. The molecule has 2 rings (SSSR count). The molecule has 1 saturated heterocycles. The number of hydrogen-bond acceptors (Lipinski definition) is 5. The van der Waals surface area contributed by atoms with Crippen molar-refractivity contribution in [1.82, 2.24) is 10.3 Å². The second-order valence-electron chi connectivity index (χ2n) is 4.99. The van der Waals surface area contributed by atoms with Gasteiger partial charge in [0.05, 0.1) is 0 Å². The van der Waals surface area contributed by atoms with Gasteiger partial charge in [0, 0.05) is 30.5 Å². The summed E-state index contributed by atoms with van der Waals surface area (Å²) in [4.78, 5) is 16.6. The van der Waals surface area contributed by atoms with Crippen LogP contribution in [-0.4, -0.2) is 30.1 Å². The van der Waals surface area contributed by atoms with Crippen molar-refractivity contribution in [3.8, 4) is 0 Å². The Bertz CT molecular complexity index is 458. The summed E-state index contributed by atoms with van der Waals surface area (Å²) in [5.41, 5.74) is 3.99. The van der Waals surface area contributed by atoms with Crippen molar-refractivity contribution in [2.45, 2.75) is 38.6 Å². The highest BCUT2D eigenvalue weighted by Crippen LogP contribution is 2.13. The molecular formula is C14H22N4O2. The predicted octanol–water partition coefficient (Wildman–Crippen LogP) is 1.23. The molecule has 6 nitrogen and oxygen atoms in total. The lowest BCUT2D eigenvalue weighted by molar-refractivity contribution is 0.0696. The number of carbonyl (C=O) groups excluding carboxylic acids is 1. The van der Waals surface area contributed by atoms with Crippen molar-refractivity contribution < 1.29 is 9.53 Å². The number of pyridine rings is 1. The summed E-state index contributed by atoms with van der Waals surface area (Å²) in [6.45, 7) is 3.49. The molecule has 0 spiro atoms. The Morgan fingerprint density at radius 2 is 2.20 bits per heavy atom. The van der Waals surface area contributed by atoms with Crippen molar-refractivity contribution in [2.75, 3.05) is 18.6 Å². The number of aromatic nitrogens is 1. The van der Waals surface area contributed by atoms with E-state index in [4.69, 9.17) is 10.6 Å². The Labute approximate surface area is 119 Å². The van der Waals surface area contributed by atoms with E-state index in [1.807, 2.05) is 6.07 Å². The number of anilines is 1. The van der Waals surface area contributed by atoms with E-state index in [0.717, 1.165) is 31.4 Å².